The number of thiophene rings is 1. The number of nitrogens with zero attached hydrogens (tertiary/aromatic N) is 1. The van der Waals surface area contributed by atoms with E-state index in [1.807, 2.05) is 12.1 Å². The fourth-order valence-electron chi connectivity index (χ4n) is 2.40. The molecule has 3 rings (SSSR count). The van der Waals surface area contributed by atoms with Crippen LogP contribution in [-0.4, -0.2) is 18.0 Å². The summed E-state index contributed by atoms with van der Waals surface area (Å²) in [5, 5.41) is 2.87. The van der Waals surface area contributed by atoms with Gasteiger partial charge >= 0.3 is 6.03 Å². The molecule has 1 aromatic heterocycles. The molecule has 0 spiro atoms. The van der Waals surface area contributed by atoms with Crippen LogP contribution in [0.25, 0.3) is 0 Å². The molecule has 1 aliphatic heterocycles. The van der Waals surface area contributed by atoms with Gasteiger partial charge < -0.3 is 16.0 Å². The van der Waals surface area contributed by atoms with E-state index in [0.717, 1.165) is 25.5 Å². The van der Waals surface area contributed by atoms with Crippen LogP contribution in [-0.2, 0) is 6.54 Å². The van der Waals surface area contributed by atoms with E-state index in [2.05, 4.69) is 40.3 Å². The molecule has 1 aromatic carbocycles. The predicted octanol–water partition coefficient (Wildman–Crippen LogP) is 3.84. The Bertz CT molecular complexity index is 693. The van der Waals surface area contributed by atoms with Crippen molar-refractivity contribution in [2.24, 2.45) is 5.73 Å². The van der Waals surface area contributed by atoms with Gasteiger partial charge in [0.2, 0.25) is 0 Å². The van der Waals surface area contributed by atoms with Crippen LogP contribution >= 0.6 is 27.3 Å². The van der Waals surface area contributed by atoms with Gasteiger partial charge in [0.05, 0.1) is 9.83 Å². The lowest BCUT2D eigenvalue weighted by molar-refractivity contribution is 0.218. The monoisotopic (exact) mass is 365 g/mol. The summed E-state index contributed by atoms with van der Waals surface area (Å²) in [7, 11) is 1.78. The van der Waals surface area contributed by atoms with E-state index in [4.69, 9.17) is 5.73 Å². The van der Waals surface area contributed by atoms with Crippen molar-refractivity contribution in [2.75, 3.05) is 12.4 Å². The number of amides is 2. The number of hydrogen-bond acceptors (Lipinski definition) is 3. The molecular formula is C15H16BrN3OS. The van der Waals surface area contributed by atoms with Crippen molar-refractivity contribution in [3.05, 3.63) is 49.6 Å². The smallest absolute Gasteiger partial charge is 0.321 e. The van der Waals surface area contributed by atoms with E-state index in [-0.39, 0.29) is 12.1 Å². The summed E-state index contributed by atoms with van der Waals surface area (Å²) in [4.78, 5) is 14.4. The Hall–Kier alpha value is -1.37. The lowest BCUT2D eigenvalue weighted by Crippen LogP contribution is -2.35. The summed E-state index contributed by atoms with van der Waals surface area (Å²) in [5.41, 5.74) is 10.6. The molecule has 0 aliphatic carbocycles. The molecule has 6 heteroatoms. The fraction of sp³-hybridized carbons (Fsp3) is 0.267. The maximum atomic E-state index is 11.6. The zero-order chi connectivity index (χ0) is 15.1. The average Bonchev–Trinajstić information content (AvgIpc) is 2.79. The normalized spacial score (nSPS) is 15.6. The van der Waals surface area contributed by atoms with Crippen molar-refractivity contribution < 1.29 is 4.79 Å². The van der Waals surface area contributed by atoms with Crippen LogP contribution < -0.4 is 11.1 Å². The highest BCUT2D eigenvalue weighted by atomic mass is 79.9. The maximum Gasteiger partial charge on any atom is 0.321 e. The number of nitrogens with one attached hydrogen (secondary N) is 1. The molecule has 21 heavy (non-hydrogen) atoms. The molecule has 4 nitrogen and oxygen atoms in total. The molecule has 0 saturated carbocycles. The molecule has 1 unspecified atom stereocenters. The molecule has 2 amide bonds. The summed E-state index contributed by atoms with van der Waals surface area (Å²) < 4.78 is 1.12. The van der Waals surface area contributed by atoms with Crippen molar-refractivity contribution in [3.63, 3.8) is 0 Å². The fourth-order valence-corrected chi connectivity index (χ4v) is 4.00. The first-order valence-electron chi connectivity index (χ1n) is 6.62. The van der Waals surface area contributed by atoms with Crippen molar-refractivity contribution >= 4 is 39.0 Å². The topological polar surface area (TPSA) is 58.4 Å². The van der Waals surface area contributed by atoms with Gasteiger partial charge in [-0.2, -0.15) is 0 Å². The number of nitrogens with two attached hydrogens (primary N) is 1. The van der Waals surface area contributed by atoms with E-state index in [1.165, 1.54) is 5.56 Å². The van der Waals surface area contributed by atoms with Gasteiger partial charge in [-0.15, -0.1) is 11.3 Å². The summed E-state index contributed by atoms with van der Waals surface area (Å²) in [5.74, 6) is 0. The van der Waals surface area contributed by atoms with Crippen molar-refractivity contribution in [3.8, 4) is 0 Å². The second-order valence-electron chi connectivity index (χ2n) is 5.29. The van der Waals surface area contributed by atoms with Crippen LogP contribution in [0.3, 0.4) is 0 Å². The third-order valence-electron chi connectivity index (χ3n) is 3.67. The van der Waals surface area contributed by atoms with Crippen LogP contribution in [0.2, 0.25) is 0 Å². The minimum absolute atomic E-state index is 0.0719. The van der Waals surface area contributed by atoms with Crippen LogP contribution in [0.1, 0.15) is 27.6 Å². The van der Waals surface area contributed by atoms with Crippen molar-refractivity contribution in [1.82, 2.24) is 4.90 Å². The molecule has 2 heterocycles. The minimum atomic E-state index is -0.145. The van der Waals surface area contributed by atoms with Gasteiger partial charge in [0.15, 0.2) is 0 Å². The number of fused-ring (bicyclic) bond motifs is 1. The Balaban J connectivity index is 1.93. The first-order chi connectivity index (χ1) is 9.95. The minimum Gasteiger partial charge on any atom is -0.323 e. The van der Waals surface area contributed by atoms with E-state index in [0.29, 0.717) is 6.54 Å². The lowest BCUT2D eigenvalue weighted by atomic mass is 10.0. The van der Waals surface area contributed by atoms with Gasteiger partial charge in [-0.3, -0.25) is 0 Å². The van der Waals surface area contributed by atoms with Gasteiger partial charge in [0, 0.05) is 24.2 Å². The van der Waals surface area contributed by atoms with Crippen LogP contribution in [0.5, 0.6) is 0 Å². The average molecular weight is 366 g/mol. The number of urea groups is 1. The lowest BCUT2D eigenvalue weighted by Gasteiger charge is -2.26. The highest BCUT2D eigenvalue weighted by Crippen LogP contribution is 2.34. The largest absolute Gasteiger partial charge is 0.323 e. The maximum absolute atomic E-state index is 11.6. The van der Waals surface area contributed by atoms with Gasteiger partial charge in [-0.05, 0) is 57.7 Å². The predicted molar refractivity (Wildman–Crippen MR) is 89.7 cm³/mol. The summed E-state index contributed by atoms with van der Waals surface area (Å²) >= 11 is 5.21. The molecule has 1 aliphatic rings. The molecule has 1 atom stereocenters. The number of aryl methyl sites for hydroxylation is 1. The number of benzene rings is 1. The number of rotatable bonds is 2. The van der Waals surface area contributed by atoms with Crippen molar-refractivity contribution in [1.29, 1.82) is 0 Å². The number of hydrogen-bond donors (Lipinski definition) is 2. The summed E-state index contributed by atoms with van der Waals surface area (Å²) in [6.07, 6.45) is 0. The Morgan fingerprint density at radius 1 is 1.43 bits per heavy atom. The molecule has 110 valence electrons. The number of carbonyl (C=O) groups excluding carboxylic acids is 1. The second kappa shape index (κ2) is 5.44. The quantitative estimate of drug-likeness (QED) is 0.848. The molecule has 3 N–H and O–H groups in total. The third kappa shape index (κ3) is 2.71. The van der Waals surface area contributed by atoms with E-state index < -0.39 is 0 Å². The second-order valence-corrected chi connectivity index (χ2v) is 7.69. The van der Waals surface area contributed by atoms with E-state index >= 15 is 0 Å². The summed E-state index contributed by atoms with van der Waals surface area (Å²) in [6, 6.07) is 7.90. The molecular weight excluding hydrogens is 350 g/mol. The van der Waals surface area contributed by atoms with Crippen molar-refractivity contribution in [2.45, 2.75) is 19.5 Å². The zero-order valence-corrected chi connectivity index (χ0v) is 14.2. The molecule has 2 aromatic rings. The van der Waals surface area contributed by atoms with Gasteiger partial charge in [-0.1, -0.05) is 6.07 Å². The first-order valence-corrected chi connectivity index (χ1v) is 8.23. The van der Waals surface area contributed by atoms with Crippen LogP contribution in [0.15, 0.2) is 28.1 Å². The standard InChI is InChI=1S/C15H16BrN3OS/c1-8-5-12(21-14(8)16)13(17)9-3-4-11-10(6-9)7-19(2)15(20)18-11/h3-6,13H,7,17H2,1-2H3,(H,18,20). The van der Waals surface area contributed by atoms with E-state index in [1.54, 1.807) is 23.3 Å². The first kappa shape index (κ1) is 14.6. The Morgan fingerprint density at radius 3 is 2.86 bits per heavy atom. The molecule has 0 bridgehead atoms. The number of halogens is 1. The molecule has 0 radical (unpaired) electrons. The van der Waals surface area contributed by atoms with Crippen LogP contribution in [0.4, 0.5) is 10.5 Å². The highest BCUT2D eigenvalue weighted by Gasteiger charge is 2.21. The van der Waals surface area contributed by atoms with E-state index in [9.17, 15) is 4.79 Å². The highest BCUT2D eigenvalue weighted by molar-refractivity contribution is 9.11. The van der Waals surface area contributed by atoms with Crippen LogP contribution in [0, 0.1) is 6.92 Å². The van der Waals surface area contributed by atoms with Gasteiger partial charge in [0.1, 0.15) is 0 Å². The molecule has 0 saturated heterocycles. The summed E-state index contributed by atoms with van der Waals surface area (Å²) in [6.45, 7) is 2.67. The van der Waals surface area contributed by atoms with Gasteiger partial charge in [-0.25, -0.2) is 4.79 Å². The number of carbonyl (C=O) groups is 1. The number of anilines is 1. The Kier molecular flexibility index (Phi) is 3.77. The van der Waals surface area contributed by atoms with Gasteiger partial charge in [0.25, 0.3) is 0 Å². The zero-order valence-electron chi connectivity index (χ0n) is 11.8. The Morgan fingerprint density at radius 2 is 2.19 bits per heavy atom. The third-order valence-corrected chi connectivity index (χ3v) is 5.89. The SMILES string of the molecule is Cc1cc(C(N)c2ccc3c(c2)CN(C)C(=O)N3)sc1Br. The Labute approximate surface area is 136 Å². The molecule has 0 fully saturated rings.